The van der Waals surface area contributed by atoms with Crippen LogP contribution in [0.5, 0.6) is 11.5 Å². The number of benzene rings is 2. The third-order valence-corrected chi connectivity index (χ3v) is 9.50. The summed E-state index contributed by atoms with van der Waals surface area (Å²) >= 11 is 1.70. The topological polar surface area (TPSA) is 89.9 Å². The molecule has 2 atom stereocenters. The summed E-state index contributed by atoms with van der Waals surface area (Å²) in [5.41, 5.74) is 6.57. The Morgan fingerprint density at radius 2 is 1.90 bits per heavy atom. The van der Waals surface area contributed by atoms with Crippen molar-refractivity contribution in [2.45, 2.75) is 62.9 Å². The normalized spacial score (nSPS) is 20.1. The van der Waals surface area contributed by atoms with Crippen LogP contribution in [0.15, 0.2) is 65.6 Å². The Labute approximate surface area is 242 Å². The van der Waals surface area contributed by atoms with Crippen LogP contribution in [0.25, 0.3) is 5.57 Å². The maximum absolute atomic E-state index is 11.4. The minimum atomic E-state index is -2.99. The average Bonchev–Trinajstić information content (AvgIpc) is 3.28. The summed E-state index contributed by atoms with van der Waals surface area (Å²) in [6.45, 7) is 8.91. The fourth-order valence-electron chi connectivity index (χ4n) is 5.31. The molecule has 0 radical (unpaired) electrons. The number of fused-ring (bicyclic) bond motifs is 1. The summed E-state index contributed by atoms with van der Waals surface area (Å²) in [5.74, 6) is 1.76. The molecule has 214 valence electrons. The van der Waals surface area contributed by atoms with Crippen molar-refractivity contribution in [2.75, 3.05) is 24.4 Å². The molecule has 0 saturated carbocycles. The first-order valence-corrected chi connectivity index (χ1v) is 16.7. The van der Waals surface area contributed by atoms with Gasteiger partial charge in [-0.1, -0.05) is 30.9 Å². The lowest BCUT2D eigenvalue weighted by atomic mass is 9.89. The Kier molecular flexibility index (Phi) is 9.85. The molecule has 2 aromatic rings. The lowest BCUT2D eigenvalue weighted by Gasteiger charge is -2.21. The second kappa shape index (κ2) is 13.1. The molecular weight excluding hydrogens is 544 g/mol. The highest BCUT2D eigenvalue weighted by Gasteiger charge is 2.26. The third kappa shape index (κ3) is 8.04. The van der Waals surface area contributed by atoms with Crippen LogP contribution in [0.3, 0.4) is 0 Å². The fourth-order valence-corrected chi connectivity index (χ4v) is 7.23. The number of carbonyl (C=O) groups is 1. The Hall–Kier alpha value is -2.97. The highest BCUT2D eigenvalue weighted by Crippen LogP contribution is 2.43. The third-order valence-electron chi connectivity index (χ3n) is 7.24. The summed E-state index contributed by atoms with van der Waals surface area (Å²) in [6.07, 6.45) is 10.6. The van der Waals surface area contributed by atoms with Gasteiger partial charge >= 0.3 is 5.97 Å². The van der Waals surface area contributed by atoms with E-state index in [0.717, 1.165) is 74.8 Å². The second-order valence-corrected chi connectivity index (χ2v) is 14.0. The summed E-state index contributed by atoms with van der Waals surface area (Å²) in [5, 5.41) is 9.19. The highest BCUT2D eigenvalue weighted by atomic mass is 32.2. The van der Waals surface area contributed by atoms with E-state index >= 15 is 0 Å². The van der Waals surface area contributed by atoms with Crippen LogP contribution in [0.4, 0.5) is 0 Å². The van der Waals surface area contributed by atoms with Gasteiger partial charge in [0.05, 0.1) is 18.8 Å². The molecule has 6 nitrogen and oxygen atoms in total. The maximum Gasteiger partial charge on any atom is 0.303 e. The Morgan fingerprint density at radius 1 is 1.15 bits per heavy atom. The number of allylic oxidation sites excluding steroid dienone is 4. The van der Waals surface area contributed by atoms with Crippen molar-refractivity contribution in [2.24, 2.45) is 0 Å². The van der Waals surface area contributed by atoms with E-state index in [9.17, 15) is 18.3 Å². The van der Waals surface area contributed by atoms with E-state index in [1.54, 1.807) is 11.8 Å². The van der Waals surface area contributed by atoms with Crippen LogP contribution >= 0.6 is 11.8 Å². The molecule has 0 unspecified atom stereocenters. The predicted molar refractivity (Wildman–Crippen MR) is 162 cm³/mol. The van der Waals surface area contributed by atoms with Gasteiger partial charge in [0.25, 0.3) is 0 Å². The van der Waals surface area contributed by atoms with Gasteiger partial charge < -0.3 is 14.6 Å². The number of carboxylic acids is 1. The van der Waals surface area contributed by atoms with E-state index in [-0.39, 0.29) is 24.2 Å². The molecule has 0 fully saturated rings. The number of aryl methyl sites for hydroxylation is 2. The average molecular weight is 583 g/mol. The molecule has 1 aliphatic carbocycles. The monoisotopic (exact) mass is 582 g/mol. The number of hydrogen-bond donors (Lipinski definition) is 1. The van der Waals surface area contributed by atoms with Crippen molar-refractivity contribution in [1.29, 1.82) is 0 Å². The van der Waals surface area contributed by atoms with E-state index in [4.69, 9.17) is 9.47 Å². The molecule has 2 aromatic carbocycles. The number of carboxylic acid groups (broad SMARTS) is 1. The van der Waals surface area contributed by atoms with Crippen LogP contribution in [-0.4, -0.2) is 50.0 Å². The summed E-state index contributed by atoms with van der Waals surface area (Å²) in [6, 6.07) is 10.0. The first kappa shape index (κ1) is 30.0. The zero-order valence-corrected chi connectivity index (χ0v) is 25.1. The molecule has 1 N–H and O–H groups in total. The van der Waals surface area contributed by atoms with Crippen molar-refractivity contribution in [3.8, 4) is 11.5 Å². The zero-order chi connectivity index (χ0) is 28.9. The minimum Gasteiger partial charge on any atom is -0.494 e. The van der Waals surface area contributed by atoms with Gasteiger partial charge in [0, 0.05) is 29.2 Å². The van der Waals surface area contributed by atoms with Gasteiger partial charge in [0.15, 0.2) is 0 Å². The van der Waals surface area contributed by atoms with Crippen LogP contribution < -0.4 is 9.47 Å². The molecule has 8 heteroatoms. The van der Waals surface area contributed by atoms with Crippen molar-refractivity contribution in [3.63, 3.8) is 0 Å². The molecule has 0 aromatic heterocycles. The first-order chi connectivity index (χ1) is 19.0. The van der Waals surface area contributed by atoms with Crippen molar-refractivity contribution >= 4 is 33.1 Å². The van der Waals surface area contributed by atoms with Gasteiger partial charge in [0.2, 0.25) is 0 Å². The van der Waals surface area contributed by atoms with Crippen LogP contribution in [-0.2, 0) is 14.6 Å². The Bertz CT molecular complexity index is 1410. The zero-order valence-electron chi connectivity index (χ0n) is 23.4. The molecule has 1 aliphatic heterocycles. The summed E-state index contributed by atoms with van der Waals surface area (Å²) in [4.78, 5) is 12.3. The number of rotatable bonds is 10. The maximum atomic E-state index is 11.4. The standard InChI is InChI=1S/C32H38O6S2/c1-21-10-11-25(38-26-12-13-29-24(18-31(33)34)20-39-30(29)19-26)8-5-6-9-28(21)32-22(2)16-27(17-23(32)3)37-14-7-15-40(4,35)36/h5-6,9,12-13,16-17,19,24-25H,1,7-8,10-11,14-15,18,20H2,2-4H3,(H,33,34)/b6-5-,28-9?/t24-,25+/m1/s1. The first-order valence-electron chi connectivity index (χ1n) is 13.6. The fraction of sp³-hybridized carbons (Fsp3) is 0.406. The number of ether oxygens (including phenoxy) is 2. The molecule has 0 bridgehead atoms. The smallest absolute Gasteiger partial charge is 0.303 e. The summed E-state index contributed by atoms with van der Waals surface area (Å²) in [7, 11) is -2.99. The molecule has 0 spiro atoms. The Balaban J connectivity index is 1.40. The lowest BCUT2D eigenvalue weighted by Crippen LogP contribution is -2.16. The molecule has 2 aliphatic rings. The molecule has 40 heavy (non-hydrogen) atoms. The Morgan fingerprint density at radius 3 is 2.60 bits per heavy atom. The van der Waals surface area contributed by atoms with Crippen LogP contribution in [0.2, 0.25) is 0 Å². The molecule has 4 rings (SSSR count). The SMILES string of the molecule is C=C1CC[C@@H](Oc2ccc3c(c2)SC[C@H]3CC(=O)O)C/C=C\C=C1c1c(C)cc(OCCCS(C)(=O)=O)cc1C. The minimum absolute atomic E-state index is 0.00456. The van der Waals surface area contributed by atoms with Gasteiger partial charge in [-0.15, -0.1) is 11.8 Å². The van der Waals surface area contributed by atoms with E-state index in [0.29, 0.717) is 13.0 Å². The van der Waals surface area contributed by atoms with Crippen molar-refractivity contribution in [1.82, 2.24) is 0 Å². The van der Waals surface area contributed by atoms with Gasteiger partial charge in [-0.2, -0.15) is 0 Å². The lowest BCUT2D eigenvalue weighted by molar-refractivity contribution is -0.137. The number of aliphatic carboxylic acids is 1. The molecular formula is C32H38O6S2. The molecule has 1 heterocycles. The van der Waals surface area contributed by atoms with Gasteiger partial charge in [-0.05, 0) is 90.8 Å². The number of sulfone groups is 1. The number of thioether (sulfide) groups is 1. The van der Waals surface area contributed by atoms with E-state index in [1.165, 1.54) is 6.26 Å². The summed E-state index contributed by atoms with van der Waals surface area (Å²) < 4.78 is 35.0. The molecule has 0 amide bonds. The number of hydrogen-bond acceptors (Lipinski definition) is 6. The van der Waals surface area contributed by atoms with Crippen LogP contribution in [0.1, 0.15) is 60.3 Å². The van der Waals surface area contributed by atoms with E-state index in [2.05, 4.69) is 38.7 Å². The largest absolute Gasteiger partial charge is 0.494 e. The van der Waals surface area contributed by atoms with Crippen LogP contribution in [0, 0.1) is 13.8 Å². The second-order valence-electron chi connectivity index (χ2n) is 10.7. The quantitative estimate of drug-likeness (QED) is 0.305. The van der Waals surface area contributed by atoms with Gasteiger partial charge in [0.1, 0.15) is 27.4 Å². The van der Waals surface area contributed by atoms with E-state index in [1.807, 2.05) is 30.3 Å². The van der Waals surface area contributed by atoms with Gasteiger partial charge in [-0.25, -0.2) is 8.42 Å². The van der Waals surface area contributed by atoms with Crippen molar-refractivity contribution < 1.29 is 27.8 Å². The van der Waals surface area contributed by atoms with E-state index < -0.39 is 15.8 Å². The van der Waals surface area contributed by atoms with Crippen molar-refractivity contribution in [3.05, 3.63) is 83.0 Å². The highest BCUT2D eigenvalue weighted by molar-refractivity contribution is 7.99. The predicted octanol–water partition coefficient (Wildman–Crippen LogP) is 6.91. The van der Waals surface area contributed by atoms with Gasteiger partial charge in [-0.3, -0.25) is 4.79 Å². The molecule has 0 saturated heterocycles.